The van der Waals surface area contributed by atoms with Gasteiger partial charge in [-0.15, -0.1) is 0 Å². The van der Waals surface area contributed by atoms with Gasteiger partial charge in [-0.1, -0.05) is 32.0 Å². The second-order valence-electron chi connectivity index (χ2n) is 4.11. The lowest BCUT2D eigenvalue weighted by Crippen LogP contribution is -2.23. The lowest BCUT2D eigenvalue weighted by molar-refractivity contribution is 0.407. The van der Waals surface area contributed by atoms with Crippen LogP contribution < -0.4 is 10.5 Å². The van der Waals surface area contributed by atoms with Crippen molar-refractivity contribution in [2.45, 2.75) is 31.6 Å². The van der Waals surface area contributed by atoms with Gasteiger partial charge in [-0.3, -0.25) is 4.21 Å². The van der Waals surface area contributed by atoms with E-state index in [9.17, 15) is 4.21 Å². The Kier molecular flexibility index (Phi) is 5.65. The number of benzene rings is 1. The zero-order valence-electron chi connectivity index (χ0n) is 10.7. The number of methoxy groups -OCH3 is 1. The third kappa shape index (κ3) is 3.82. The van der Waals surface area contributed by atoms with Gasteiger partial charge < -0.3 is 10.5 Å². The monoisotopic (exact) mass is 255 g/mol. The van der Waals surface area contributed by atoms with E-state index in [0.29, 0.717) is 5.75 Å². The Morgan fingerprint density at radius 3 is 2.65 bits per heavy atom. The minimum atomic E-state index is -0.886. The number of nitrogens with two attached hydrogens (primary N) is 1. The molecule has 1 aromatic rings. The van der Waals surface area contributed by atoms with E-state index in [1.165, 1.54) is 0 Å². The highest BCUT2D eigenvalue weighted by molar-refractivity contribution is 7.85. The Bertz CT molecular complexity index is 381. The highest BCUT2D eigenvalue weighted by Gasteiger charge is 2.17. The maximum atomic E-state index is 11.9. The van der Waals surface area contributed by atoms with Gasteiger partial charge in [0.25, 0.3) is 0 Å². The molecule has 0 aliphatic carbocycles. The second-order valence-corrected chi connectivity index (χ2v) is 6.01. The summed E-state index contributed by atoms with van der Waals surface area (Å²) in [5.41, 5.74) is 7.01. The van der Waals surface area contributed by atoms with Crippen LogP contribution in [0, 0.1) is 0 Å². The second kappa shape index (κ2) is 6.77. The Labute approximate surface area is 106 Å². The summed E-state index contributed by atoms with van der Waals surface area (Å²) in [7, 11) is 0.736. The summed E-state index contributed by atoms with van der Waals surface area (Å²) in [5.74, 6) is 1.25. The van der Waals surface area contributed by atoms with Crippen molar-refractivity contribution in [1.29, 1.82) is 0 Å². The Morgan fingerprint density at radius 1 is 1.41 bits per heavy atom. The van der Waals surface area contributed by atoms with Crippen molar-refractivity contribution in [2.75, 3.05) is 12.9 Å². The van der Waals surface area contributed by atoms with E-state index >= 15 is 0 Å². The van der Waals surface area contributed by atoms with Gasteiger partial charge in [0.15, 0.2) is 0 Å². The Hall–Kier alpha value is -0.870. The van der Waals surface area contributed by atoms with Gasteiger partial charge in [0, 0.05) is 33.4 Å². The molecule has 1 aromatic carbocycles. The van der Waals surface area contributed by atoms with Crippen molar-refractivity contribution in [1.82, 2.24) is 0 Å². The summed E-state index contributed by atoms with van der Waals surface area (Å²) >= 11 is 0. The van der Waals surface area contributed by atoms with Crippen LogP contribution in [0.1, 0.15) is 31.9 Å². The molecule has 0 saturated heterocycles. The fourth-order valence-electron chi connectivity index (χ4n) is 1.59. The highest BCUT2D eigenvalue weighted by atomic mass is 32.2. The largest absolute Gasteiger partial charge is 0.496 e. The van der Waals surface area contributed by atoms with Crippen LogP contribution in [-0.4, -0.2) is 22.3 Å². The van der Waals surface area contributed by atoms with Crippen LogP contribution in [0.15, 0.2) is 24.3 Å². The molecule has 0 radical (unpaired) electrons. The summed E-state index contributed by atoms with van der Waals surface area (Å²) in [6.07, 6.45) is 0.908. The van der Waals surface area contributed by atoms with Crippen LogP contribution in [0.5, 0.6) is 5.75 Å². The van der Waals surface area contributed by atoms with Gasteiger partial charge in [-0.05, 0) is 12.5 Å². The number of hydrogen-bond donors (Lipinski definition) is 1. The average molecular weight is 255 g/mol. The van der Waals surface area contributed by atoms with Crippen LogP contribution in [0.4, 0.5) is 0 Å². The molecule has 2 N–H and O–H groups in total. The molecule has 4 heteroatoms. The third-order valence-electron chi connectivity index (χ3n) is 2.91. The predicted octanol–water partition coefficient (Wildman–Crippen LogP) is 2.24. The molecule has 0 spiro atoms. The van der Waals surface area contributed by atoms with E-state index < -0.39 is 10.8 Å². The normalized spacial score (nSPS) is 16.2. The first kappa shape index (κ1) is 14.2. The average Bonchev–Trinajstić information content (AvgIpc) is 2.37. The fourth-order valence-corrected chi connectivity index (χ4v) is 2.82. The Balaban J connectivity index is 2.76. The standard InChI is InChI=1S/C13H21NO2S/c1-4-10(2)17(15)9-12(14)11-7-5-6-8-13(11)16-3/h5-8,10,12H,4,9,14H2,1-3H3. The summed E-state index contributed by atoms with van der Waals surface area (Å²) in [6.45, 7) is 4.03. The smallest absolute Gasteiger partial charge is 0.123 e. The molecule has 0 heterocycles. The molecule has 3 unspecified atom stereocenters. The molecule has 96 valence electrons. The first-order valence-corrected chi connectivity index (χ1v) is 7.24. The van der Waals surface area contributed by atoms with E-state index in [1.54, 1.807) is 7.11 Å². The van der Waals surface area contributed by atoms with Crippen molar-refractivity contribution >= 4 is 10.8 Å². The van der Waals surface area contributed by atoms with E-state index in [-0.39, 0.29) is 11.3 Å². The molecular formula is C13H21NO2S. The topological polar surface area (TPSA) is 52.3 Å². The van der Waals surface area contributed by atoms with Crippen LogP contribution in [0.3, 0.4) is 0 Å². The molecule has 17 heavy (non-hydrogen) atoms. The van der Waals surface area contributed by atoms with Gasteiger partial charge in [0.2, 0.25) is 0 Å². The maximum absolute atomic E-state index is 11.9. The predicted molar refractivity (Wildman–Crippen MR) is 72.7 cm³/mol. The minimum Gasteiger partial charge on any atom is -0.496 e. The molecular weight excluding hydrogens is 234 g/mol. The number of para-hydroxylation sites is 1. The molecule has 0 aliphatic rings. The number of hydrogen-bond acceptors (Lipinski definition) is 3. The van der Waals surface area contributed by atoms with E-state index in [4.69, 9.17) is 10.5 Å². The highest BCUT2D eigenvalue weighted by Crippen LogP contribution is 2.24. The molecule has 0 saturated carbocycles. The third-order valence-corrected chi connectivity index (χ3v) is 4.82. The maximum Gasteiger partial charge on any atom is 0.123 e. The van der Waals surface area contributed by atoms with Gasteiger partial charge in [0.1, 0.15) is 5.75 Å². The molecule has 3 nitrogen and oxygen atoms in total. The van der Waals surface area contributed by atoms with Crippen molar-refractivity contribution in [2.24, 2.45) is 5.73 Å². The summed E-state index contributed by atoms with van der Waals surface area (Å²) in [6, 6.07) is 7.39. The minimum absolute atomic E-state index is 0.191. The zero-order valence-corrected chi connectivity index (χ0v) is 11.5. The molecule has 0 bridgehead atoms. The zero-order chi connectivity index (χ0) is 12.8. The van der Waals surface area contributed by atoms with Gasteiger partial charge in [0.05, 0.1) is 7.11 Å². The lowest BCUT2D eigenvalue weighted by atomic mass is 10.1. The molecule has 0 fully saturated rings. The van der Waals surface area contributed by atoms with Crippen LogP contribution in [-0.2, 0) is 10.8 Å². The molecule has 0 aliphatic heterocycles. The van der Waals surface area contributed by atoms with Crippen molar-refractivity contribution < 1.29 is 8.95 Å². The lowest BCUT2D eigenvalue weighted by Gasteiger charge is -2.17. The molecule has 0 aromatic heterocycles. The number of ether oxygens (including phenoxy) is 1. The molecule has 3 atom stereocenters. The first-order chi connectivity index (χ1) is 8.10. The Morgan fingerprint density at radius 2 is 2.06 bits per heavy atom. The summed E-state index contributed by atoms with van der Waals surface area (Å²) in [5, 5.41) is 0.191. The number of rotatable bonds is 6. The van der Waals surface area contributed by atoms with E-state index in [0.717, 1.165) is 17.7 Å². The van der Waals surface area contributed by atoms with Gasteiger partial charge >= 0.3 is 0 Å². The van der Waals surface area contributed by atoms with Crippen molar-refractivity contribution in [3.05, 3.63) is 29.8 Å². The van der Waals surface area contributed by atoms with E-state index in [1.807, 2.05) is 38.1 Å². The summed E-state index contributed by atoms with van der Waals surface area (Å²) in [4.78, 5) is 0. The van der Waals surface area contributed by atoms with E-state index in [2.05, 4.69) is 0 Å². The van der Waals surface area contributed by atoms with Crippen molar-refractivity contribution in [3.63, 3.8) is 0 Å². The van der Waals surface area contributed by atoms with Crippen LogP contribution in [0.2, 0.25) is 0 Å². The van der Waals surface area contributed by atoms with Gasteiger partial charge in [-0.25, -0.2) is 0 Å². The summed E-state index contributed by atoms with van der Waals surface area (Å²) < 4.78 is 17.2. The SMILES string of the molecule is CCC(C)S(=O)CC(N)c1ccccc1OC. The van der Waals surface area contributed by atoms with Crippen LogP contribution >= 0.6 is 0 Å². The molecule has 0 amide bonds. The van der Waals surface area contributed by atoms with Crippen LogP contribution in [0.25, 0.3) is 0 Å². The quantitative estimate of drug-likeness (QED) is 0.848. The van der Waals surface area contributed by atoms with Gasteiger partial charge in [-0.2, -0.15) is 0 Å². The fraction of sp³-hybridized carbons (Fsp3) is 0.538. The first-order valence-electron chi connectivity index (χ1n) is 5.85. The molecule has 1 rings (SSSR count). The van der Waals surface area contributed by atoms with Crippen molar-refractivity contribution in [3.8, 4) is 5.75 Å².